The third-order valence-electron chi connectivity index (χ3n) is 2.45. The van der Waals surface area contributed by atoms with E-state index >= 15 is 0 Å². The van der Waals surface area contributed by atoms with E-state index in [1.165, 1.54) is 6.07 Å². The summed E-state index contributed by atoms with van der Waals surface area (Å²) in [5.41, 5.74) is 0.625. The highest BCUT2D eigenvalue weighted by Gasteiger charge is 1.99. The summed E-state index contributed by atoms with van der Waals surface area (Å²) in [6.07, 6.45) is 0.961. The summed E-state index contributed by atoms with van der Waals surface area (Å²) in [6.45, 7) is 8.77. The first kappa shape index (κ1) is 14.0. The second-order valence-electron chi connectivity index (χ2n) is 4.71. The van der Waals surface area contributed by atoms with Crippen molar-refractivity contribution in [2.75, 3.05) is 19.7 Å². The van der Waals surface area contributed by atoms with Crippen LogP contribution in [0.5, 0.6) is 5.75 Å². The summed E-state index contributed by atoms with van der Waals surface area (Å²) >= 11 is 0. The third-order valence-corrected chi connectivity index (χ3v) is 2.45. The van der Waals surface area contributed by atoms with Crippen molar-refractivity contribution < 1.29 is 9.13 Å². The summed E-state index contributed by atoms with van der Waals surface area (Å²) in [6, 6.07) is 4.85. The molecule has 1 aromatic carbocycles. The molecule has 0 aliphatic heterocycles. The van der Waals surface area contributed by atoms with Crippen molar-refractivity contribution in [3.05, 3.63) is 29.6 Å². The molecule has 3 heteroatoms. The van der Waals surface area contributed by atoms with Gasteiger partial charge in [-0.3, -0.25) is 0 Å². The summed E-state index contributed by atoms with van der Waals surface area (Å²) in [5.74, 6) is 1.24. The Bertz CT molecular complexity index is 339. The summed E-state index contributed by atoms with van der Waals surface area (Å²) in [5, 5.41) is 3.35. The van der Waals surface area contributed by atoms with E-state index in [0.717, 1.165) is 25.3 Å². The molecule has 0 aliphatic rings. The van der Waals surface area contributed by atoms with Crippen LogP contribution in [0.15, 0.2) is 18.2 Å². The van der Waals surface area contributed by atoms with Crippen LogP contribution in [0.4, 0.5) is 4.39 Å². The maximum Gasteiger partial charge on any atom is 0.126 e. The van der Waals surface area contributed by atoms with Crippen LogP contribution in [0.2, 0.25) is 0 Å². The SMILES string of the molecule is Cc1cc(OCCCNCC(C)C)ccc1F. The number of aryl methyl sites for hydroxylation is 1. The Kier molecular flexibility index (Phi) is 5.98. The van der Waals surface area contributed by atoms with Crippen molar-refractivity contribution in [3.8, 4) is 5.75 Å². The van der Waals surface area contributed by atoms with E-state index in [2.05, 4.69) is 19.2 Å². The first-order valence-corrected chi connectivity index (χ1v) is 6.19. The Morgan fingerprint density at radius 2 is 2.12 bits per heavy atom. The van der Waals surface area contributed by atoms with Crippen LogP contribution in [-0.2, 0) is 0 Å². The Morgan fingerprint density at radius 3 is 2.76 bits per heavy atom. The number of hydrogen-bond donors (Lipinski definition) is 1. The van der Waals surface area contributed by atoms with Gasteiger partial charge in [-0.15, -0.1) is 0 Å². The third kappa shape index (κ3) is 5.68. The number of halogens is 1. The van der Waals surface area contributed by atoms with Crippen molar-refractivity contribution in [3.63, 3.8) is 0 Å². The smallest absolute Gasteiger partial charge is 0.126 e. The van der Waals surface area contributed by atoms with Gasteiger partial charge < -0.3 is 10.1 Å². The first-order chi connectivity index (χ1) is 8.09. The fraction of sp³-hybridized carbons (Fsp3) is 0.571. The number of nitrogens with one attached hydrogen (secondary N) is 1. The van der Waals surface area contributed by atoms with Gasteiger partial charge in [0.15, 0.2) is 0 Å². The molecular formula is C14H22FNO. The second-order valence-corrected chi connectivity index (χ2v) is 4.71. The lowest BCUT2D eigenvalue weighted by Gasteiger charge is -2.09. The minimum Gasteiger partial charge on any atom is -0.494 e. The largest absolute Gasteiger partial charge is 0.494 e. The molecule has 0 bridgehead atoms. The van der Waals surface area contributed by atoms with Gasteiger partial charge in [0.25, 0.3) is 0 Å². The van der Waals surface area contributed by atoms with Crippen LogP contribution in [0, 0.1) is 18.7 Å². The van der Waals surface area contributed by atoms with Gasteiger partial charge in [0.05, 0.1) is 6.61 Å². The monoisotopic (exact) mass is 239 g/mol. The van der Waals surface area contributed by atoms with E-state index < -0.39 is 0 Å². The predicted molar refractivity (Wildman–Crippen MR) is 69.0 cm³/mol. The zero-order valence-corrected chi connectivity index (χ0v) is 10.9. The lowest BCUT2D eigenvalue weighted by Crippen LogP contribution is -2.22. The van der Waals surface area contributed by atoms with Crippen molar-refractivity contribution >= 4 is 0 Å². The molecule has 0 unspecified atom stereocenters. The molecule has 0 fully saturated rings. The average molecular weight is 239 g/mol. The Morgan fingerprint density at radius 1 is 1.35 bits per heavy atom. The number of ether oxygens (including phenoxy) is 1. The van der Waals surface area contributed by atoms with Gasteiger partial charge in [0.2, 0.25) is 0 Å². The van der Waals surface area contributed by atoms with Gasteiger partial charge in [-0.1, -0.05) is 13.8 Å². The molecule has 96 valence electrons. The van der Waals surface area contributed by atoms with Crippen LogP contribution >= 0.6 is 0 Å². The summed E-state index contributed by atoms with van der Waals surface area (Å²) < 4.78 is 18.5. The minimum atomic E-state index is -0.184. The lowest BCUT2D eigenvalue weighted by molar-refractivity contribution is 0.306. The zero-order chi connectivity index (χ0) is 12.7. The van der Waals surface area contributed by atoms with Crippen LogP contribution in [-0.4, -0.2) is 19.7 Å². The van der Waals surface area contributed by atoms with E-state index in [-0.39, 0.29) is 5.82 Å². The first-order valence-electron chi connectivity index (χ1n) is 6.19. The van der Waals surface area contributed by atoms with Crippen molar-refractivity contribution in [2.24, 2.45) is 5.92 Å². The van der Waals surface area contributed by atoms with Crippen molar-refractivity contribution in [1.29, 1.82) is 0 Å². The standard InChI is InChI=1S/C14H22FNO/c1-11(2)10-16-7-4-8-17-13-5-6-14(15)12(3)9-13/h5-6,9,11,16H,4,7-8,10H2,1-3H3. The summed E-state index contributed by atoms with van der Waals surface area (Å²) in [7, 11) is 0. The Labute approximate surface area is 103 Å². The molecule has 1 rings (SSSR count). The highest BCUT2D eigenvalue weighted by Crippen LogP contribution is 2.15. The maximum atomic E-state index is 13.0. The number of rotatable bonds is 7. The Hall–Kier alpha value is -1.09. The molecular weight excluding hydrogens is 217 g/mol. The predicted octanol–water partition coefficient (Wildman–Crippen LogP) is 3.15. The second kappa shape index (κ2) is 7.28. The van der Waals surface area contributed by atoms with E-state index in [0.29, 0.717) is 18.1 Å². The van der Waals surface area contributed by atoms with Crippen LogP contribution < -0.4 is 10.1 Å². The molecule has 0 radical (unpaired) electrons. The minimum absolute atomic E-state index is 0.184. The number of benzene rings is 1. The quantitative estimate of drug-likeness (QED) is 0.738. The van der Waals surface area contributed by atoms with Crippen LogP contribution in [0.3, 0.4) is 0 Å². The van der Waals surface area contributed by atoms with Gasteiger partial charge in [-0.05, 0) is 56.1 Å². The average Bonchev–Trinajstić information content (AvgIpc) is 2.27. The molecule has 0 aromatic heterocycles. The molecule has 0 saturated heterocycles. The molecule has 1 aromatic rings. The molecule has 0 atom stereocenters. The fourth-order valence-electron chi connectivity index (χ4n) is 1.48. The van der Waals surface area contributed by atoms with E-state index in [4.69, 9.17) is 4.74 Å². The molecule has 17 heavy (non-hydrogen) atoms. The fourth-order valence-corrected chi connectivity index (χ4v) is 1.48. The van der Waals surface area contributed by atoms with E-state index in [1.54, 1.807) is 19.1 Å². The molecule has 0 aliphatic carbocycles. The number of hydrogen-bond acceptors (Lipinski definition) is 2. The van der Waals surface area contributed by atoms with Crippen molar-refractivity contribution in [1.82, 2.24) is 5.32 Å². The van der Waals surface area contributed by atoms with E-state index in [1.807, 2.05) is 0 Å². The van der Waals surface area contributed by atoms with Gasteiger partial charge in [-0.25, -0.2) is 4.39 Å². The van der Waals surface area contributed by atoms with Gasteiger partial charge in [0.1, 0.15) is 11.6 Å². The lowest BCUT2D eigenvalue weighted by atomic mass is 10.2. The topological polar surface area (TPSA) is 21.3 Å². The molecule has 0 heterocycles. The van der Waals surface area contributed by atoms with Gasteiger partial charge in [0, 0.05) is 0 Å². The molecule has 2 nitrogen and oxygen atoms in total. The molecule has 0 saturated carbocycles. The molecule has 0 spiro atoms. The van der Waals surface area contributed by atoms with Crippen molar-refractivity contribution in [2.45, 2.75) is 27.2 Å². The Balaban J connectivity index is 2.16. The van der Waals surface area contributed by atoms with Crippen LogP contribution in [0.1, 0.15) is 25.8 Å². The molecule has 0 amide bonds. The van der Waals surface area contributed by atoms with Gasteiger partial charge >= 0.3 is 0 Å². The maximum absolute atomic E-state index is 13.0. The highest BCUT2D eigenvalue weighted by molar-refractivity contribution is 5.28. The summed E-state index contributed by atoms with van der Waals surface area (Å²) in [4.78, 5) is 0. The molecule has 1 N–H and O–H groups in total. The normalized spacial score (nSPS) is 10.9. The highest BCUT2D eigenvalue weighted by atomic mass is 19.1. The van der Waals surface area contributed by atoms with E-state index in [9.17, 15) is 4.39 Å². The van der Waals surface area contributed by atoms with Gasteiger partial charge in [-0.2, -0.15) is 0 Å². The zero-order valence-electron chi connectivity index (χ0n) is 10.9. The van der Waals surface area contributed by atoms with Crippen LogP contribution in [0.25, 0.3) is 0 Å².